The van der Waals surface area contributed by atoms with Crippen LogP contribution in [0.15, 0.2) is 18.5 Å². The minimum absolute atomic E-state index is 0.126. The lowest BCUT2D eigenvalue weighted by atomic mass is 10.1. The first-order chi connectivity index (χ1) is 9.54. The lowest BCUT2D eigenvalue weighted by Gasteiger charge is -2.09. The molecular weight excluding hydrogens is 254 g/mol. The summed E-state index contributed by atoms with van der Waals surface area (Å²) < 4.78 is 1.82. The van der Waals surface area contributed by atoms with Gasteiger partial charge in [0.05, 0.1) is 23.1 Å². The molecule has 106 valence electrons. The highest BCUT2D eigenvalue weighted by Gasteiger charge is 2.13. The molecule has 2 rings (SSSR count). The van der Waals surface area contributed by atoms with Gasteiger partial charge < -0.3 is 10.6 Å². The summed E-state index contributed by atoms with van der Waals surface area (Å²) in [6.45, 7) is 4.41. The standard InChI is InChI=1S/C14H19N5O/c1-9-12(10(2)19(4)18-9)7-17-14(20)11-5-6-16-8-13(11)15-3/h5-6,8,15H,7H2,1-4H3,(H,17,20). The number of pyridine rings is 1. The molecule has 2 heterocycles. The van der Waals surface area contributed by atoms with Gasteiger partial charge in [-0.25, -0.2) is 0 Å². The van der Waals surface area contributed by atoms with Gasteiger partial charge in [-0.05, 0) is 19.9 Å². The third kappa shape index (κ3) is 2.64. The minimum atomic E-state index is -0.126. The van der Waals surface area contributed by atoms with Crippen LogP contribution in [0.3, 0.4) is 0 Å². The monoisotopic (exact) mass is 273 g/mol. The Morgan fingerprint density at radius 2 is 2.15 bits per heavy atom. The number of aromatic nitrogens is 3. The Morgan fingerprint density at radius 3 is 2.75 bits per heavy atom. The zero-order valence-electron chi connectivity index (χ0n) is 12.2. The minimum Gasteiger partial charge on any atom is -0.386 e. The van der Waals surface area contributed by atoms with Gasteiger partial charge in [-0.1, -0.05) is 0 Å². The summed E-state index contributed by atoms with van der Waals surface area (Å²) in [6, 6.07) is 1.70. The number of amides is 1. The molecule has 0 saturated carbocycles. The zero-order valence-corrected chi connectivity index (χ0v) is 12.2. The normalized spacial score (nSPS) is 10.4. The fourth-order valence-corrected chi connectivity index (χ4v) is 2.13. The van der Waals surface area contributed by atoms with Gasteiger partial charge in [-0.3, -0.25) is 14.5 Å². The van der Waals surface area contributed by atoms with Crippen LogP contribution in [0.2, 0.25) is 0 Å². The number of hydrogen-bond acceptors (Lipinski definition) is 4. The second-order valence-corrected chi connectivity index (χ2v) is 4.63. The van der Waals surface area contributed by atoms with Crippen molar-refractivity contribution in [3.8, 4) is 0 Å². The maximum Gasteiger partial charge on any atom is 0.253 e. The van der Waals surface area contributed by atoms with Crippen molar-refractivity contribution in [1.82, 2.24) is 20.1 Å². The largest absolute Gasteiger partial charge is 0.386 e. The van der Waals surface area contributed by atoms with Gasteiger partial charge in [0.15, 0.2) is 0 Å². The number of aryl methyl sites for hydroxylation is 2. The summed E-state index contributed by atoms with van der Waals surface area (Å²) >= 11 is 0. The number of carbonyl (C=O) groups is 1. The third-order valence-corrected chi connectivity index (χ3v) is 3.42. The van der Waals surface area contributed by atoms with E-state index in [0.29, 0.717) is 17.8 Å². The van der Waals surface area contributed by atoms with Crippen molar-refractivity contribution in [2.45, 2.75) is 20.4 Å². The molecule has 0 aliphatic rings. The first-order valence-electron chi connectivity index (χ1n) is 6.43. The number of nitrogens with one attached hydrogen (secondary N) is 2. The van der Waals surface area contributed by atoms with Crippen LogP contribution in [0.1, 0.15) is 27.3 Å². The van der Waals surface area contributed by atoms with E-state index in [9.17, 15) is 4.79 Å². The Balaban J connectivity index is 2.13. The molecule has 0 fully saturated rings. The molecular formula is C14H19N5O. The molecule has 2 N–H and O–H groups in total. The Hall–Kier alpha value is -2.37. The maximum absolute atomic E-state index is 12.2. The SMILES string of the molecule is CNc1cnccc1C(=O)NCc1c(C)nn(C)c1C. The Labute approximate surface area is 118 Å². The number of anilines is 1. The summed E-state index contributed by atoms with van der Waals surface area (Å²) in [5, 5.41) is 10.2. The molecule has 0 atom stereocenters. The number of hydrogen-bond donors (Lipinski definition) is 2. The second kappa shape index (κ2) is 5.73. The van der Waals surface area contributed by atoms with E-state index in [1.807, 2.05) is 25.6 Å². The van der Waals surface area contributed by atoms with E-state index >= 15 is 0 Å². The molecule has 0 bridgehead atoms. The lowest BCUT2D eigenvalue weighted by Crippen LogP contribution is -2.24. The predicted octanol–water partition coefficient (Wildman–Crippen LogP) is 1.40. The quantitative estimate of drug-likeness (QED) is 0.883. The summed E-state index contributed by atoms with van der Waals surface area (Å²) in [7, 11) is 3.67. The highest BCUT2D eigenvalue weighted by atomic mass is 16.1. The highest BCUT2D eigenvalue weighted by molar-refractivity contribution is 5.99. The molecule has 0 aliphatic heterocycles. The third-order valence-electron chi connectivity index (χ3n) is 3.42. The van der Waals surface area contributed by atoms with Gasteiger partial charge in [-0.2, -0.15) is 5.10 Å². The van der Waals surface area contributed by atoms with Gasteiger partial charge in [-0.15, -0.1) is 0 Å². The second-order valence-electron chi connectivity index (χ2n) is 4.63. The molecule has 1 amide bonds. The van der Waals surface area contributed by atoms with Crippen molar-refractivity contribution in [2.24, 2.45) is 7.05 Å². The smallest absolute Gasteiger partial charge is 0.253 e. The van der Waals surface area contributed by atoms with E-state index in [1.165, 1.54) is 0 Å². The molecule has 0 unspecified atom stereocenters. The van der Waals surface area contributed by atoms with Crippen LogP contribution < -0.4 is 10.6 Å². The molecule has 0 spiro atoms. The van der Waals surface area contributed by atoms with Crippen LogP contribution in [0.4, 0.5) is 5.69 Å². The maximum atomic E-state index is 12.2. The fraction of sp³-hybridized carbons (Fsp3) is 0.357. The molecule has 6 heteroatoms. The summed E-state index contributed by atoms with van der Waals surface area (Å²) in [6.07, 6.45) is 3.24. The average molecular weight is 273 g/mol. The van der Waals surface area contributed by atoms with E-state index < -0.39 is 0 Å². The van der Waals surface area contributed by atoms with Crippen LogP contribution in [0, 0.1) is 13.8 Å². The number of nitrogens with zero attached hydrogens (tertiary/aromatic N) is 3. The first kappa shape index (κ1) is 14.0. The summed E-state index contributed by atoms with van der Waals surface area (Å²) in [4.78, 5) is 16.2. The van der Waals surface area contributed by atoms with Gasteiger partial charge >= 0.3 is 0 Å². The van der Waals surface area contributed by atoms with Crippen LogP contribution in [-0.2, 0) is 13.6 Å². The predicted molar refractivity (Wildman–Crippen MR) is 77.6 cm³/mol. The van der Waals surface area contributed by atoms with E-state index in [2.05, 4.69) is 20.7 Å². The van der Waals surface area contributed by atoms with E-state index in [1.54, 1.807) is 25.5 Å². The van der Waals surface area contributed by atoms with E-state index in [4.69, 9.17) is 0 Å². The van der Waals surface area contributed by atoms with Gasteiger partial charge in [0.1, 0.15) is 0 Å². The molecule has 0 radical (unpaired) electrons. The zero-order chi connectivity index (χ0) is 14.7. The van der Waals surface area contributed by atoms with Crippen molar-refractivity contribution in [3.63, 3.8) is 0 Å². The first-order valence-corrected chi connectivity index (χ1v) is 6.43. The molecule has 0 aromatic carbocycles. The van der Waals surface area contributed by atoms with Crippen LogP contribution in [0.5, 0.6) is 0 Å². The molecule has 2 aromatic rings. The van der Waals surface area contributed by atoms with Crippen molar-refractivity contribution in [3.05, 3.63) is 41.0 Å². The highest BCUT2D eigenvalue weighted by Crippen LogP contribution is 2.14. The van der Waals surface area contributed by atoms with Gasteiger partial charge in [0, 0.05) is 38.1 Å². The number of rotatable bonds is 4. The lowest BCUT2D eigenvalue weighted by molar-refractivity contribution is 0.0951. The summed E-state index contributed by atoms with van der Waals surface area (Å²) in [5.41, 5.74) is 4.35. The van der Waals surface area contributed by atoms with Crippen molar-refractivity contribution in [1.29, 1.82) is 0 Å². The van der Waals surface area contributed by atoms with Crippen LogP contribution >= 0.6 is 0 Å². The van der Waals surface area contributed by atoms with Gasteiger partial charge in [0.25, 0.3) is 5.91 Å². The Bertz CT molecular complexity index is 632. The Morgan fingerprint density at radius 1 is 1.40 bits per heavy atom. The van der Waals surface area contributed by atoms with Crippen molar-refractivity contribution in [2.75, 3.05) is 12.4 Å². The Kier molecular flexibility index (Phi) is 4.02. The molecule has 2 aromatic heterocycles. The van der Waals surface area contributed by atoms with Crippen molar-refractivity contribution >= 4 is 11.6 Å². The average Bonchev–Trinajstić information content (AvgIpc) is 2.70. The van der Waals surface area contributed by atoms with E-state index in [0.717, 1.165) is 17.0 Å². The molecule has 0 aliphatic carbocycles. The summed E-state index contributed by atoms with van der Waals surface area (Å²) in [5.74, 6) is -0.126. The number of carbonyl (C=O) groups excluding carboxylic acids is 1. The fourth-order valence-electron chi connectivity index (χ4n) is 2.13. The van der Waals surface area contributed by atoms with Crippen LogP contribution in [0.25, 0.3) is 0 Å². The topological polar surface area (TPSA) is 71.8 Å². The molecule has 20 heavy (non-hydrogen) atoms. The molecule has 6 nitrogen and oxygen atoms in total. The molecule has 0 saturated heterocycles. The van der Waals surface area contributed by atoms with Crippen LogP contribution in [-0.4, -0.2) is 27.7 Å². The van der Waals surface area contributed by atoms with Gasteiger partial charge in [0.2, 0.25) is 0 Å². The van der Waals surface area contributed by atoms with Crippen molar-refractivity contribution < 1.29 is 4.79 Å². The van der Waals surface area contributed by atoms with E-state index in [-0.39, 0.29) is 5.91 Å².